The Labute approximate surface area is 134 Å². The van der Waals surface area contributed by atoms with E-state index in [9.17, 15) is 18.0 Å². The van der Waals surface area contributed by atoms with Crippen LogP contribution in [0.4, 0.5) is 13.2 Å². The van der Waals surface area contributed by atoms with E-state index in [0.717, 1.165) is 12.1 Å². The number of ether oxygens (including phenoxy) is 2. The second-order valence-corrected chi connectivity index (χ2v) is 5.36. The van der Waals surface area contributed by atoms with E-state index in [1.165, 1.54) is 16.7 Å². The van der Waals surface area contributed by atoms with Gasteiger partial charge in [0.05, 0.1) is 31.5 Å². The molecular weight excluding hydrogens is 329 g/mol. The van der Waals surface area contributed by atoms with Gasteiger partial charge in [-0.15, -0.1) is 0 Å². The van der Waals surface area contributed by atoms with Crippen LogP contribution in [0.2, 0.25) is 0 Å². The first-order chi connectivity index (χ1) is 11.4. The summed E-state index contributed by atoms with van der Waals surface area (Å²) in [5, 5.41) is 3.61. The minimum Gasteiger partial charge on any atom is -0.376 e. The van der Waals surface area contributed by atoms with Crippen LogP contribution >= 0.6 is 0 Å². The fraction of sp³-hybridized carbons (Fsp3) is 0.467. The largest absolute Gasteiger partial charge is 0.441 e. The summed E-state index contributed by atoms with van der Waals surface area (Å²) in [7, 11) is 0. The molecule has 1 saturated heterocycles. The molecule has 1 aliphatic heterocycles. The van der Waals surface area contributed by atoms with Crippen LogP contribution in [0.25, 0.3) is 11.4 Å². The molecule has 3 rings (SSSR count). The van der Waals surface area contributed by atoms with Gasteiger partial charge in [-0.05, 0) is 18.6 Å². The highest BCUT2D eigenvalue weighted by atomic mass is 19.4. The molecule has 0 bridgehead atoms. The van der Waals surface area contributed by atoms with Crippen LogP contribution in [0, 0.1) is 0 Å². The lowest BCUT2D eigenvalue weighted by Gasteiger charge is -2.22. The monoisotopic (exact) mass is 344 g/mol. The molecule has 0 radical (unpaired) electrons. The highest BCUT2D eigenvalue weighted by Crippen LogP contribution is 2.31. The third-order valence-corrected chi connectivity index (χ3v) is 3.69. The normalized spacial score (nSPS) is 18.7. The number of rotatable bonds is 4. The van der Waals surface area contributed by atoms with E-state index in [0.29, 0.717) is 26.2 Å². The van der Waals surface area contributed by atoms with Gasteiger partial charge in [-0.25, -0.2) is 4.79 Å². The molecule has 24 heavy (non-hydrogen) atoms. The van der Waals surface area contributed by atoms with E-state index in [2.05, 4.69) is 9.68 Å². The molecule has 1 aliphatic rings. The summed E-state index contributed by atoms with van der Waals surface area (Å²) in [6.07, 6.45) is -4.18. The zero-order chi connectivity index (χ0) is 17.2. The molecule has 6 nitrogen and oxygen atoms in total. The van der Waals surface area contributed by atoms with E-state index in [1.807, 2.05) is 0 Å². The number of hydrogen-bond acceptors (Lipinski definition) is 5. The van der Waals surface area contributed by atoms with Gasteiger partial charge in [0.1, 0.15) is 0 Å². The molecule has 0 spiro atoms. The Kier molecular flexibility index (Phi) is 4.72. The van der Waals surface area contributed by atoms with Gasteiger partial charge < -0.3 is 9.47 Å². The number of benzene rings is 1. The first kappa shape index (κ1) is 16.7. The lowest BCUT2D eigenvalue weighted by Crippen LogP contribution is -2.30. The topological polar surface area (TPSA) is 66.5 Å². The number of alkyl halides is 3. The molecule has 9 heteroatoms. The molecule has 0 saturated carbocycles. The van der Waals surface area contributed by atoms with Crippen LogP contribution in [-0.2, 0) is 22.2 Å². The predicted octanol–water partition coefficient (Wildman–Crippen LogP) is 2.33. The van der Waals surface area contributed by atoms with Crippen LogP contribution in [0.15, 0.2) is 33.6 Å². The minimum absolute atomic E-state index is 0.0582. The lowest BCUT2D eigenvalue weighted by atomic mass is 10.1. The lowest BCUT2D eigenvalue weighted by molar-refractivity contribution is -0.137. The number of nitrogens with zero attached hydrogens (tertiary/aromatic N) is 2. The summed E-state index contributed by atoms with van der Waals surface area (Å²) >= 11 is 0. The predicted molar refractivity (Wildman–Crippen MR) is 76.4 cm³/mol. The van der Waals surface area contributed by atoms with Crippen LogP contribution < -0.4 is 5.76 Å². The van der Waals surface area contributed by atoms with Gasteiger partial charge in [0, 0.05) is 12.1 Å². The maximum Gasteiger partial charge on any atom is 0.441 e. The van der Waals surface area contributed by atoms with Gasteiger partial charge in [0.25, 0.3) is 0 Å². The van der Waals surface area contributed by atoms with Crippen molar-refractivity contribution in [3.05, 3.63) is 40.4 Å². The Bertz CT molecular complexity index is 748. The van der Waals surface area contributed by atoms with E-state index in [1.54, 1.807) is 0 Å². The van der Waals surface area contributed by atoms with E-state index >= 15 is 0 Å². The van der Waals surface area contributed by atoms with Gasteiger partial charge in [-0.1, -0.05) is 17.3 Å². The Morgan fingerprint density at radius 3 is 2.83 bits per heavy atom. The SMILES string of the molecule is O=c1onc(-c2cccc(C(F)(F)F)c2)n1CCC1COCCO1. The van der Waals surface area contributed by atoms with Gasteiger partial charge in [0.2, 0.25) is 0 Å². The summed E-state index contributed by atoms with van der Waals surface area (Å²) in [5.41, 5.74) is -0.650. The van der Waals surface area contributed by atoms with Gasteiger partial charge in [-0.2, -0.15) is 13.2 Å². The first-order valence-electron chi connectivity index (χ1n) is 7.38. The molecule has 1 aromatic heterocycles. The number of halogens is 3. The molecule has 0 amide bonds. The summed E-state index contributed by atoms with van der Waals surface area (Å²) in [4.78, 5) is 11.8. The van der Waals surface area contributed by atoms with Crippen molar-refractivity contribution < 1.29 is 27.2 Å². The minimum atomic E-state index is -4.47. The van der Waals surface area contributed by atoms with Gasteiger partial charge in [0.15, 0.2) is 5.82 Å². The molecule has 2 aromatic rings. The molecule has 130 valence electrons. The van der Waals surface area contributed by atoms with Crippen molar-refractivity contribution >= 4 is 0 Å². The molecule has 1 unspecified atom stereocenters. The third kappa shape index (κ3) is 3.68. The second-order valence-electron chi connectivity index (χ2n) is 5.36. The van der Waals surface area contributed by atoms with E-state index in [4.69, 9.17) is 9.47 Å². The average molecular weight is 344 g/mol. The summed E-state index contributed by atoms with van der Waals surface area (Å²) in [5.74, 6) is -0.665. The van der Waals surface area contributed by atoms with Crippen molar-refractivity contribution in [2.75, 3.05) is 19.8 Å². The summed E-state index contributed by atoms with van der Waals surface area (Å²) in [6.45, 7) is 1.63. The Morgan fingerprint density at radius 2 is 2.12 bits per heavy atom. The number of hydrogen-bond donors (Lipinski definition) is 0. The maximum atomic E-state index is 12.8. The summed E-state index contributed by atoms with van der Waals surface area (Å²) in [6, 6.07) is 4.61. The molecule has 2 heterocycles. The van der Waals surface area contributed by atoms with Crippen LogP contribution in [-0.4, -0.2) is 35.6 Å². The maximum absolute atomic E-state index is 12.8. The van der Waals surface area contributed by atoms with Crippen LogP contribution in [0.3, 0.4) is 0 Å². The van der Waals surface area contributed by atoms with Crippen molar-refractivity contribution in [3.63, 3.8) is 0 Å². The first-order valence-corrected chi connectivity index (χ1v) is 7.38. The Balaban J connectivity index is 1.83. The van der Waals surface area contributed by atoms with Crippen LogP contribution in [0.5, 0.6) is 0 Å². The molecular formula is C15H15F3N2O4. The second kappa shape index (κ2) is 6.78. The third-order valence-electron chi connectivity index (χ3n) is 3.69. The average Bonchev–Trinajstić information content (AvgIpc) is 2.94. The summed E-state index contributed by atoms with van der Waals surface area (Å²) < 4.78 is 55.1. The van der Waals surface area contributed by atoms with Gasteiger partial charge in [-0.3, -0.25) is 9.09 Å². The quantitative estimate of drug-likeness (QED) is 0.852. The Morgan fingerprint density at radius 1 is 1.29 bits per heavy atom. The smallest absolute Gasteiger partial charge is 0.376 e. The van der Waals surface area contributed by atoms with Crippen LogP contribution in [0.1, 0.15) is 12.0 Å². The standard InChI is InChI=1S/C15H15F3N2O4/c16-15(17,18)11-3-1-2-10(8-11)13-19-24-14(21)20(13)5-4-12-9-22-6-7-23-12/h1-3,8,12H,4-7,9H2. The fourth-order valence-corrected chi connectivity index (χ4v) is 2.48. The van der Waals surface area contributed by atoms with Crippen molar-refractivity contribution in [1.29, 1.82) is 0 Å². The fourth-order valence-electron chi connectivity index (χ4n) is 2.48. The van der Waals surface area contributed by atoms with E-state index < -0.39 is 17.5 Å². The zero-order valence-electron chi connectivity index (χ0n) is 12.6. The van der Waals surface area contributed by atoms with Crippen molar-refractivity contribution in [3.8, 4) is 11.4 Å². The molecule has 1 atom stereocenters. The van der Waals surface area contributed by atoms with Crippen molar-refractivity contribution in [2.45, 2.75) is 25.2 Å². The molecule has 1 fully saturated rings. The molecule has 0 aliphatic carbocycles. The van der Waals surface area contributed by atoms with Crippen molar-refractivity contribution in [1.82, 2.24) is 9.72 Å². The highest BCUT2D eigenvalue weighted by Gasteiger charge is 2.31. The van der Waals surface area contributed by atoms with Gasteiger partial charge >= 0.3 is 11.9 Å². The molecule has 0 N–H and O–H groups in total. The molecule has 1 aromatic carbocycles. The zero-order valence-corrected chi connectivity index (χ0v) is 12.6. The Hall–Kier alpha value is -2.13. The highest BCUT2D eigenvalue weighted by molar-refractivity contribution is 5.56. The van der Waals surface area contributed by atoms with E-state index in [-0.39, 0.29) is 24.0 Å². The number of aromatic nitrogens is 2. The van der Waals surface area contributed by atoms with Crippen molar-refractivity contribution in [2.24, 2.45) is 0 Å².